The Morgan fingerprint density at radius 2 is 1.90 bits per heavy atom. The fourth-order valence-electron chi connectivity index (χ4n) is 0.822. The zero-order valence-corrected chi connectivity index (χ0v) is 6.18. The Labute approximate surface area is 60.3 Å². The summed E-state index contributed by atoms with van der Waals surface area (Å²) in [5.74, 6) is 0.208. The van der Waals surface area contributed by atoms with Crippen LogP contribution in [0, 0.1) is 13.8 Å². The third kappa shape index (κ3) is 0.923. The average Bonchev–Trinajstić information content (AvgIpc) is 1.93. The van der Waals surface area contributed by atoms with Crippen molar-refractivity contribution in [1.29, 1.82) is 0 Å². The second kappa shape index (κ2) is 2.21. The van der Waals surface area contributed by atoms with Crippen molar-refractivity contribution in [3.63, 3.8) is 0 Å². The fourth-order valence-corrected chi connectivity index (χ4v) is 0.822. The van der Waals surface area contributed by atoms with E-state index in [0.717, 1.165) is 11.1 Å². The highest BCUT2D eigenvalue weighted by Crippen LogP contribution is 2.26. The van der Waals surface area contributed by atoms with Gasteiger partial charge in [-0.3, -0.25) is 0 Å². The molecule has 2 heteroatoms. The van der Waals surface area contributed by atoms with Crippen LogP contribution in [0.15, 0.2) is 12.1 Å². The van der Waals surface area contributed by atoms with Gasteiger partial charge in [0.1, 0.15) is 5.75 Å². The summed E-state index contributed by atoms with van der Waals surface area (Å²) in [6, 6.07) is 3.60. The molecule has 0 aromatic heterocycles. The molecule has 0 amide bonds. The molecule has 2 nitrogen and oxygen atoms in total. The number of anilines is 1. The molecular weight excluding hydrogens is 126 g/mol. The van der Waals surface area contributed by atoms with Crippen LogP contribution in [0.3, 0.4) is 0 Å². The zero-order chi connectivity index (χ0) is 7.72. The highest BCUT2D eigenvalue weighted by atomic mass is 16.3. The quantitative estimate of drug-likeness (QED) is 0.421. The number of aryl methyl sites for hydroxylation is 1. The molecule has 1 rings (SSSR count). The highest BCUT2D eigenvalue weighted by Gasteiger charge is 2.01. The van der Waals surface area contributed by atoms with Gasteiger partial charge >= 0.3 is 0 Å². The maximum absolute atomic E-state index is 9.26. The van der Waals surface area contributed by atoms with Crippen molar-refractivity contribution in [2.75, 3.05) is 5.73 Å². The molecule has 0 aliphatic rings. The summed E-state index contributed by atoms with van der Waals surface area (Å²) in [6.45, 7) is 3.79. The van der Waals surface area contributed by atoms with E-state index in [0.29, 0.717) is 5.69 Å². The van der Waals surface area contributed by atoms with Crippen LogP contribution in [0.1, 0.15) is 11.1 Å². The molecule has 0 spiro atoms. The Morgan fingerprint density at radius 3 is 2.40 bits per heavy atom. The monoisotopic (exact) mass is 137 g/mol. The first-order valence-corrected chi connectivity index (χ1v) is 3.17. The summed E-state index contributed by atoms with van der Waals surface area (Å²) in [6.07, 6.45) is 0. The molecule has 0 fully saturated rings. The minimum atomic E-state index is 0.208. The molecular formula is C8H11NO. The minimum Gasteiger partial charge on any atom is -0.506 e. The third-order valence-corrected chi connectivity index (χ3v) is 1.73. The fraction of sp³-hybridized carbons (Fsp3) is 0.250. The molecule has 0 radical (unpaired) electrons. The van der Waals surface area contributed by atoms with Gasteiger partial charge in [-0.2, -0.15) is 0 Å². The van der Waals surface area contributed by atoms with Crippen molar-refractivity contribution in [3.8, 4) is 5.75 Å². The van der Waals surface area contributed by atoms with Gasteiger partial charge < -0.3 is 10.8 Å². The van der Waals surface area contributed by atoms with Crippen LogP contribution >= 0.6 is 0 Å². The van der Waals surface area contributed by atoms with E-state index in [-0.39, 0.29) is 5.75 Å². The summed E-state index contributed by atoms with van der Waals surface area (Å²) in [5.41, 5.74) is 7.81. The van der Waals surface area contributed by atoms with Crippen LogP contribution in [0.25, 0.3) is 0 Å². The summed E-state index contributed by atoms with van der Waals surface area (Å²) in [4.78, 5) is 0. The van der Waals surface area contributed by atoms with Gasteiger partial charge in [0.15, 0.2) is 0 Å². The molecule has 3 N–H and O–H groups in total. The Hall–Kier alpha value is -1.18. The Kier molecular flexibility index (Phi) is 1.53. The first-order chi connectivity index (χ1) is 4.63. The number of phenols is 1. The standard InChI is InChI=1S/C8H11NO/c1-5-3-4-7(9)8(10)6(5)2/h3-4,10H,9H2,1-2H3. The van der Waals surface area contributed by atoms with Crippen LogP contribution in [0.4, 0.5) is 5.69 Å². The Balaban J connectivity index is 3.34. The van der Waals surface area contributed by atoms with E-state index in [2.05, 4.69) is 0 Å². The molecule has 10 heavy (non-hydrogen) atoms. The molecule has 54 valence electrons. The Morgan fingerprint density at radius 1 is 1.30 bits per heavy atom. The van der Waals surface area contributed by atoms with Crippen LogP contribution in [0.2, 0.25) is 0 Å². The predicted octanol–water partition coefficient (Wildman–Crippen LogP) is 1.59. The lowest BCUT2D eigenvalue weighted by Gasteiger charge is -2.04. The maximum atomic E-state index is 9.26. The lowest BCUT2D eigenvalue weighted by molar-refractivity contribution is 0.473. The topological polar surface area (TPSA) is 46.2 Å². The molecule has 0 atom stereocenters. The number of phenolic OH excluding ortho intramolecular Hbond substituents is 1. The van der Waals surface area contributed by atoms with Gasteiger partial charge in [0, 0.05) is 0 Å². The van der Waals surface area contributed by atoms with E-state index < -0.39 is 0 Å². The van der Waals surface area contributed by atoms with Crippen LogP contribution < -0.4 is 5.73 Å². The summed E-state index contributed by atoms with van der Waals surface area (Å²) in [7, 11) is 0. The average molecular weight is 137 g/mol. The molecule has 1 aromatic carbocycles. The van der Waals surface area contributed by atoms with Gasteiger partial charge in [0.05, 0.1) is 5.69 Å². The number of nitrogen functional groups attached to an aromatic ring is 1. The van der Waals surface area contributed by atoms with Gasteiger partial charge in [0.25, 0.3) is 0 Å². The normalized spacial score (nSPS) is 9.80. The molecule has 0 bridgehead atoms. The first kappa shape index (κ1) is 6.93. The smallest absolute Gasteiger partial charge is 0.141 e. The van der Waals surface area contributed by atoms with E-state index >= 15 is 0 Å². The highest BCUT2D eigenvalue weighted by molar-refractivity contribution is 5.57. The van der Waals surface area contributed by atoms with Crippen molar-refractivity contribution in [3.05, 3.63) is 23.3 Å². The van der Waals surface area contributed by atoms with E-state index in [9.17, 15) is 5.11 Å². The second-order valence-electron chi connectivity index (χ2n) is 2.45. The Bertz CT molecular complexity index is 229. The van der Waals surface area contributed by atoms with Crippen molar-refractivity contribution < 1.29 is 5.11 Å². The van der Waals surface area contributed by atoms with Crippen LogP contribution in [-0.4, -0.2) is 5.11 Å². The first-order valence-electron chi connectivity index (χ1n) is 3.17. The van der Waals surface area contributed by atoms with E-state index in [1.807, 2.05) is 19.9 Å². The molecule has 0 aliphatic heterocycles. The second-order valence-corrected chi connectivity index (χ2v) is 2.45. The minimum absolute atomic E-state index is 0.208. The molecule has 1 aromatic rings. The summed E-state index contributed by atoms with van der Waals surface area (Å²) >= 11 is 0. The number of aromatic hydroxyl groups is 1. The number of hydrogen-bond donors (Lipinski definition) is 2. The number of rotatable bonds is 0. The number of hydrogen-bond acceptors (Lipinski definition) is 2. The van der Waals surface area contributed by atoms with Crippen LogP contribution in [-0.2, 0) is 0 Å². The van der Waals surface area contributed by atoms with Gasteiger partial charge in [-0.25, -0.2) is 0 Å². The zero-order valence-electron chi connectivity index (χ0n) is 6.18. The molecule has 0 aliphatic carbocycles. The van der Waals surface area contributed by atoms with Gasteiger partial charge in [-0.1, -0.05) is 6.07 Å². The van der Waals surface area contributed by atoms with E-state index in [1.165, 1.54) is 0 Å². The van der Waals surface area contributed by atoms with E-state index in [4.69, 9.17) is 5.73 Å². The van der Waals surface area contributed by atoms with Gasteiger partial charge in [-0.15, -0.1) is 0 Å². The third-order valence-electron chi connectivity index (χ3n) is 1.73. The van der Waals surface area contributed by atoms with Gasteiger partial charge in [0.2, 0.25) is 0 Å². The van der Waals surface area contributed by atoms with Crippen molar-refractivity contribution in [2.24, 2.45) is 0 Å². The molecule has 0 saturated heterocycles. The molecule has 0 heterocycles. The van der Waals surface area contributed by atoms with Gasteiger partial charge in [-0.05, 0) is 31.0 Å². The SMILES string of the molecule is Cc1ccc(N)c(O)c1C. The number of nitrogens with two attached hydrogens (primary N) is 1. The lowest BCUT2D eigenvalue weighted by Crippen LogP contribution is -1.89. The largest absolute Gasteiger partial charge is 0.506 e. The predicted molar refractivity (Wildman–Crippen MR) is 42.0 cm³/mol. The maximum Gasteiger partial charge on any atom is 0.141 e. The van der Waals surface area contributed by atoms with E-state index in [1.54, 1.807) is 6.07 Å². The van der Waals surface area contributed by atoms with Crippen LogP contribution in [0.5, 0.6) is 5.75 Å². The summed E-state index contributed by atoms with van der Waals surface area (Å²) < 4.78 is 0. The summed E-state index contributed by atoms with van der Waals surface area (Å²) in [5, 5.41) is 9.26. The number of benzene rings is 1. The molecule has 0 saturated carbocycles. The van der Waals surface area contributed by atoms with Crippen molar-refractivity contribution in [2.45, 2.75) is 13.8 Å². The van der Waals surface area contributed by atoms with Crippen molar-refractivity contribution >= 4 is 5.69 Å². The molecule has 0 unspecified atom stereocenters. The lowest BCUT2D eigenvalue weighted by atomic mass is 10.1. The van der Waals surface area contributed by atoms with Crippen molar-refractivity contribution in [1.82, 2.24) is 0 Å².